The number of hydrogen-bond donors (Lipinski definition) is 2. The lowest BCUT2D eigenvalue weighted by molar-refractivity contribution is -0.384. The van der Waals surface area contributed by atoms with Gasteiger partial charge in [-0.1, -0.05) is 0 Å². The minimum absolute atomic E-state index is 0.0391. The molecule has 1 aromatic carbocycles. The molecule has 8 nitrogen and oxygen atoms in total. The molecule has 0 atom stereocenters. The number of rotatable bonds is 3. The first-order chi connectivity index (χ1) is 8.39. The second kappa shape index (κ2) is 4.51. The second-order valence-electron chi connectivity index (χ2n) is 3.48. The summed E-state index contributed by atoms with van der Waals surface area (Å²) in [6.45, 7) is 0.0391. The number of nitrogens with zero attached hydrogens (tertiary/aromatic N) is 2. The Labute approximate surface area is 101 Å². The maximum absolute atomic E-state index is 11.1. The van der Waals surface area contributed by atoms with Crippen molar-refractivity contribution in [3.63, 3.8) is 0 Å². The van der Waals surface area contributed by atoms with Gasteiger partial charge in [0.05, 0.1) is 17.2 Å². The van der Waals surface area contributed by atoms with Gasteiger partial charge in [-0.25, -0.2) is 4.57 Å². The smallest absolute Gasteiger partial charge is 0.307 e. The van der Waals surface area contributed by atoms with E-state index in [1.807, 2.05) is 0 Å². The predicted octanol–water partition coefficient (Wildman–Crippen LogP) is 1.28. The van der Waals surface area contributed by atoms with Gasteiger partial charge in [0.15, 0.2) is 0 Å². The molecule has 0 aromatic heterocycles. The summed E-state index contributed by atoms with van der Waals surface area (Å²) in [4.78, 5) is 33.4. The predicted molar refractivity (Wildman–Crippen MR) is 60.9 cm³/mol. The summed E-state index contributed by atoms with van der Waals surface area (Å²) in [6.07, 6.45) is 1.49. The zero-order chi connectivity index (χ0) is 13.3. The van der Waals surface area contributed by atoms with Gasteiger partial charge in [0.1, 0.15) is 0 Å². The molecule has 0 aliphatic carbocycles. The Bertz CT molecular complexity index is 549. The van der Waals surface area contributed by atoms with Crippen molar-refractivity contribution in [2.24, 2.45) is 0 Å². The van der Waals surface area contributed by atoms with Crippen LogP contribution in [-0.4, -0.2) is 26.2 Å². The van der Waals surface area contributed by atoms with Gasteiger partial charge in [-0.05, 0) is 18.2 Å². The van der Waals surface area contributed by atoms with Gasteiger partial charge in [0, 0.05) is 17.7 Å². The van der Waals surface area contributed by atoms with E-state index in [0.29, 0.717) is 10.4 Å². The van der Waals surface area contributed by atoms with Crippen LogP contribution in [0.3, 0.4) is 0 Å². The molecule has 0 saturated carbocycles. The third-order valence-electron chi connectivity index (χ3n) is 2.29. The SMILES string of the molecule is O=[N+]([O-])c1ccc(C2=CCON2P(=O)(O)O)cc1. The minimum atomic E-state index is -4.56. The highest BCUT2D eigenvalue weighted by molar-refractivity contribution is 7.49. The van der Waals surface area contributed by atoms with E-state index < -0.39 is 12.7 Å². The third kappa shape index (κ3) is 2.41. The van der Waals surface area contributed by atoms with Crippen LogP contribution in [0.5, 0.6) is 0 Å². The molecule has 0 saturated heterocycles. The highest BCUT2D eigenvalue weighted by Crippen LogP contribution is 2.48. The fraction of sp³-hybridized carbons (Fsp3) is 0.111. The molecule has 96 valence electrons. The Balaban J connectivity index is 2.32. The maximum atomic E-state index is 11.1. The Morgan fingerprint density at radius 2 is 1.94 bits per heavy atom. The first kappa shape index (κ1) is 12.7. The van der Waals surface area contributed by atoms with Crippen molar-refractivity contribution < 1.29 is 24.1 Å². The van der Waals surface area contributed by atoms with Crippen LogP contribution in [0, 0.1) is 10.1 Å². The molecule has 0 bridgehead atoms. The van der Waals surface area contributed by atoms with Crippen LogP contribution in [0.25, 0.3) is 5.70 Å². The summed E-state index contributed by atoms with van der Waals surface area (Å²) >= 11 is 0. The number of hydrogen-bond acceptors (Lipinski definition) is 4. The Morgan fingerprint density at radius 1 is 1.33 bits per heavy atom. The largest absolute Gasteiger partial charge is 0.453 e. The van der Waals surface area contributed by atoms with E-state index in [4.69, 9.17) is 14.6 Å². The lowest BCUT2D eigenvalue weighted by Crippen LogP contribution is -2.14. The monoisotopic (exact) mass is 272 g/mol. The first-order valence-corrected chi connectivity index (χ1v) is 6.40. The fourth-order valence-corrected chi connectivity index (χ4v) is 2.23. The lowest BCUT2D eigenvalue weighted by atomic mass is 10.1. The zero-order valence-corrected chi connectivity index (χ0v) is 9.86. The van der Waals surface area contributed by atoms with Crippen LogP contribution in [0.4, 0.5) is 5.69 Å². The van der Waals surface area contributed by atoms with Crippen LogP contribution in [0.15, 0.2) is 30.3 Å². The number of nitro groups is 1. The van der Waals surface area contributed by atoms with Gasteiger partial charge in [-0.15, -0.1) is 0 Å². The van der Waals surface area contributed by atoms with Crippen LogP contribution in [-0.2, 0) is 9.40 Å². The second-order valence-corrected chi connectivity index (χ2v) is 4.87. The molecule has 0 spiro atoms. The molecule has 1 aromatic rings. The normalized spacial score (nSPS) is 15.7. The maximum Gasteiger partial charge on any atom is 0.453 e. The molecule has 18 heavy (non-hydrogen) atoms. The van der Waals surface area contributed by atoms with Gasteiger partial charge in [0.2, 0.25) is 0 Å². The zero-order valence-electron chi connectivity index (χ0n) is 8.96. The van der Waals surface area contributed by atoms with E-state index >= 15 is 0 Å². The molecule has 2 rings (SSSR count). The van der Waals surface area contributed by atoms with Crippen LogP contribution in [0.1, 0.15) is 5.56 Å². The van der Waals surface area contributed by atoms with Crippen molar-refractivity contribution in [2.75, 3.05) is 6.61 Å². The van der Waals surface area contributed by atoms with Crippen molar-refractivity contribution in [1.29, 1.82) is 0 Å². The lowest BCUT2D eigenvalue weighted by Gasteiger charge is -2.20. The van der Waals surface area contributed by atoms with Crippen molar-refractivity contribution >= 4 is 19.1 Å². The van der Waals surface area contributed by atoms with E-state index in [9.17, 15) is 14.7 Å². The molecule has 1 heterocycles. The summed E-state index contributed by atoms with van der Waals surface area (Å²) in [5, 5.41) is 10.5. The molecule has 0 amide bonds. The van der Waals surface area contributed by atoms with E-state index in [2.05, 4.69) is 0 Å². The molecule has 9 heteroatoms. The van der Waals surface area contributed by atoms with Crippen LogP contribution >= 0.6 is 7.75 Å². The van der Waals surface area contributed by atoms with E-state index in [1.54, 1.807) is 0 Å². The fourth-order valence-electron chi connectivity index (χ4n) is 1.53. The molecule has 0 unspecified atom stereocenters. The van der Waals surface area contributed by atoms with Crippen molar-refractivity contribution in [1.82, 2.24) is 4.83 Å². The number of benzene rings is 1. The molecular weight excluding hydrogens is 263 g/mol. The summed E-state index contributed by atoms with van der Waals surface area (Å²) in [5.74, 6) is 0. The standard InChI is InChI=1S/C9H9N2O6P/c12-10(13)8-3-1-7(2-4-8)9-5-6-17-11(9)18(14,15)16/h1-5H,6H2,(H2,14,15,16). The van der Waals surface area contributed by atoms with Crippen LogP contribution < -0.4 is 0 Å². The molecule has 0 fully saturated rings. The van der Waals surface area contributed by atoms with Gasteiger partial charge in [-0.2, -0.15) is 4.83 Å². The summed E-state index contributed by atoms with van der Waals surface area (Å²) in [6, 6.07) is 5.32. The quantitative estimate of drug-likeness (QED) is 0.484. The van der Waals surface area contributed by atoms with E-state index in [0.717, 1.165) is 0 Å². The van der Waals surface area contributed by atoms with E-state index in [1.165, 1.54) is 30.3 Å². The molecule has 1 aliphatic heterocycles. The molecule has 2 N–H and O–H groups in total. The highest BCUT2D eigenvalue weighted by atomic mass is 31.2. The summed E-state index contributed by atoms with van der Waals surface area (Å²) in [7, 11) is -4.56. The number of non-ortho nitro benzene ring substituents is 1. The van der Waals surface area contributed by atoms with Crippen molar-refractivity contribution in [3.8, 4) is 0 Å². The highest BCUT2D eigenvalue weighted by Gasteiger charge is 2.33. The average molecular weight is 272 g/mol. The van der Waals surface area contributed by atoms with Gasteiger partial charge in [0.25, 0.3) is 5.69 Å². The third-order valence-corrected chi connectivity index (χ3v) is 3.09. The van der Waals surface area contributed by atoms with Crippen molar-refractivity contribution in [3.05, 3.63) is 46.0 Å². The van der Waals surface area contributed by atoms with Crippen LogP contribution in [0.2, 0.25) is 0 Å². The van der Waals surface area contributed by atoms with Gasteiger partial charge < -0.3 is 9.79 Å². The average Bonchev–Trinajstić information content (AvgIpc) is 2.77. The van der Waals surface area contributed by atoms with Gasteiger partial charge >= 0.3 is 7.75 Å². The number of hydroxylamine groups is 1. The summed E-state index contributed by atoms with van der Waals surface area (Å²) in [5.41, 5.74) is 0.528. The molecular formula is C9H9N2O6P. The molecule has 0 radical (unpaired) electrons. The molecule has 1 aliphatic rings. The minimum Gasteiger partial charge on any atom is -0.307 e. The first-order valence-electron chi connectivity index (χ1n) is 4.83. The van der Waals surface area contributed by atoms with E-state index in [-0.39, 0.29) is 18.0 Å². The topological polar surface area (TPSA) is 113 Å². The number of nitro benzene ring substituents is 1. The Kier molecular flexibility index (Phi) is 3.18. The van der Waals surface area contributed by atoms with Gasteiger partial charge in [-0.3, -0.25) is 15.0 Å². The Hall–Kier alpha value is -1.73. The Morgan fingerprint density at radius 3 is 2.44 bits per heavy atom. The summed E-state index contributed by atoms with van der Waals surface area (Å²) < 4.78 is 11.1. The van der Waals surface area contributed by atoms with Crippen molar-refractivity contribution in [2.45, 2.75) is 0 Å².